The molecule has 1 saturated heterocycles. The van der Waals surface area contributed by atoms with Crippen molar-refractivity contribution in [1.29, 1.82) is 0 Å². The minimum atomic E-state index is -0.691. The average Bonchev–Trinajstić information content (AvgIpc) is 2.69. The van der Waals surface area contributed by atoms with Crippen LogP contribution in [0, 0.1) is 23.2 Å². The van der Waals surface area contributed by atoms with Crippen molar-refractivity contribution in [1.82, 2.24) is 0 Å². The van der Waals surface area contributed by atoms with E-state index >= 15 is 0 Å². The second kappa shape index (κ2) is 2.83. The van der Waals surface area contributed by atoms with Crippen LogP contribution in [0.1, 0.15) is 26.2 Å². The fourth-order valence-electron chi connectivity index (χ4n) is 5.10. The van der Waals surface area contributed by atoms with Gasteiger partial charge < -0.3 is 14.9 Å². The first-order chi connectivity index (χ1) is 8.39. The largest absolute Gasteiger partial charge is 0.481 e. The van der Waals surface area contributed by atoms with Gasteiger partial charge in [-0.15, -0.1) is 0 Å². The van der Waals surface area contributed by atoms with E-state index in [0.717, 1.165) is 18.4 Å². The number of carboxylic acids is 1. The molecule has 98 valence electrons. The number of aliphatic hydroxyl groups is 1. The van der Waals surface area contributed by atoms with Crippen molar-refractivity contribution in [3.63, 3.8) is 0 Å². The Balaban J connectivity index is 1.68. The minimum Gasteiger partial charge on any atom is -0.481 e. The summed E-state index contributed by atoms with van der Waals surface area (Å²) in [6.07, 6.45) is 1.75. The molecule has 4 nitrogen and oxygen atoms in total. The van der Waals surface area contributed by atoms with Gasteiger partial charge in [0.15, 0.2) is 0 Å². The van der Waals surface area contributed by atoms with Crippen LogP contribution < -0.4 is 0 Å². The van der Waals surface area contributed by atoms with Crippen molar-refractivity contribution in [3.05, 3.63) is 12.2 Å². The SMILES string of the molecule is C=C1C2[C@H]3C[C@](C)(C(=O)O)C[C@H]3C[C@@]23O[C@H]3[C@H]1O. The summed E-state index contributed by atoms with van der Waals surface area (Å²) in [4.78, 5) is 11.4. The molecule has 4 heteroatoms. The topological polar surface area (TPSA) is 70.1 Å². The fraction of sp³-hybridized carbons (Fsp3) is 0.786. The minimum absolute atomic E-state index is 0.0586. The second-order valence-corrected chi connectivity index (χ2v) is 6.89. The van der Waals surface area contributed by atoms with E-state index in [1.807, 2.05) is 6.92 Å². The van der Waals surface area contributed by atoms with Crippen LogP contribution in [0.25, 0.3) is 0 Å². The molecule has 0 amide bonds. The lowest BCUT2D eigenvalue weighted by Crippen LogP contribution is -2.28. The number of aliphatic carboxylic acids is 1. The van der Waals surface area contributed by atoms with Gasteiger partial charge in [0.2, 0.25) is 0 Å². The standard InChI is InChI=1S/C14H18O4/c1-6-9-8-5-13(2,12(16)17)3-7(8)4-14(9)11(18-14)10(6)15/h7-11,15H,1,3-5H2,2H3,(H,16,17)/t7-,8-,9?,10-,11-,13+,14+/m0/s1. The Kier molecular flexibility index (Phi) is 1.73. The number of carbonyl (C=O) groups is 1. The van der Waals surface area contributed by atoms with E-state index in [2.05, 4.69) is 6.58 Å². The summed E-state index contributed by atoms with van der Waals surface area (Å²) in [5.41, 5.74) is 0.106. The molecule has 4 fully saturated rings. The zero-order valence-electron chi connectivity index (χ0n) is 10.4. The maximum atomic E-state index is 11.4. The molecule has 0 bridgehead atoms. The first-order valence-corrected chi connectivity index (χ1v) is 6.67. The van der Waals surface area contributed by atoms with Crippen molar-refractivity contribution in [2.75, 3.05) is 0 Å². The highest BCUT2D eigenvalue weighted by Gasteiger charge is 2.78. The van der Waals surface area contributed by atoms with Crippen LogP contribution in [0.2, 0.25) is 0 Å². The van der Waals surface area contributed by atoms with E-state index in [-0.39, 0.29) is 17.6 Å². The van der Waals surface area contributed by atoms with E-state index in [1.54, 1.807) is 0 Å². The molecule has 1 spiro atoms. The molecular weight excluding hydrogens is 232 g/mol. The summed E-state index contributed by atoms with van der Waals surface area (Å²) in [6.45, 7) is 5.88. The third kappa shape index (κ3) is 0.994. The zero-order chi connectivity index (χ0) is 12.9. The van der Waals surface area contributed by atoms with E-state index < -0.39 is 17.5 Å². The smallest absolute Gasteiger partial charge is 0.309 e. The molecule has 0 radical (unpaired) electrons. The number of fused-ring (bicyclic) bond motifs is 2. The molecule has 4 rings (SSSR count). The third-order valence-electron chi connectivity index (χ3n) is 5.89. The quantitative estimate of drug-likeness (QED) is 0.542. The number of ether oxygens (including phenoxy) is 1. The summed E-state index contributed by atoms with van der Waals surface area (Å²) in [5.74, 6) is 0.248. The summed E-state index contributed by atoms with van der Waals surface area (Å²) in [7, 11) is 0. The molecule has 0 aromatic rings. The van der Waals surface area contributed by atoms with Crippen molar-refractivity contribution in [2.24, 2.45) is 23.2 Å². The van der Waals surface area contributed by atoms with Crippen LogP contribution >= 0.6 is 0 Å². The number of hydrogen-bond acceptors (Lipinski definition) is 3. The normalized spacial score (nSPS) is 60.3. The van der Waals surface area contributed by atoms with Crippen molar-refractivity contribution in [3.8, 4) is 0 Å². The Bertz CT molecular complexity index is 472. The van der Waals surface area contributed by atoms with Gasteiger partial charge in [-0.2, -0.15) is 0 Å². The van der Waals surface area contributed by atoms with Crippen LogP contribution in [0.4, 0.5) is 0 Å². The van der Waals surface area contributed by atoms with Crippen LogP contribution in [0.5, 0.6) is 0 Å². The van der Waals surface area contributed by atoms with Gasteiger partial charge in [-0.25, -0.2) is 0 Å². The molecule has 0 aromatic carbocycles. The van der Waals surface area contributed by atoms with Crippen molar-refractivity contribution in [2.45, 2.75) is 44.0 Å². The lowest BCUT2D eigenvalue weighted by molar-refractivity contribution is -0.148. The first-order valence-electron chi connectivity index (χ1n) is 6.67. The van der Waals surface area contributed by atoms with Crippen LogP contribution in [0.3, 0.4) is 0 Å². The Hall–Kier alpha value is -0.870. The number of epoxide rings is 1. The van der Waals surface area contributed by atoms with Gasteiger partial charge in [-0.1, -0.05) is 6.58 Å². The molecular formula is C14H18O4. The molecule has 1 unspecified atom stereocenters. The van der Waals surface area contributed by atoms with Gasteiger partial charge in [-0.3, -0.25) is 4.79 Å². The highest BCUT2D eigenvalue weighted by atomic mass is 16.6. The molecule has 1 aliphatic heterocycles. The predicted molar refractivity (Wildman–Crippen MR) is 62.8 cm³/mol. The number of aliphatic hydroxyl groups excluding tert-OH is 1. The van der Waals surface area contributed by atoms with Gasteiger partial charge in [0.1, 0.15) is 17.8 Å². The van der Waals surface area contributed by atoms with Gasteiger partial charge in [0, 0.05) is 5.92 Å². The molecule has 2 N–H and O–H groups in total. The Morgan fingerprint density at radius 1 is 1.44 bits per heavy atom. The lowest BCUT2D eigenvalue weighted by Gasteiger charge is -2.24. The van der Waals surface area contributed by atoms with Crippen LogP contribution in [-0.2, 0) is 9.53 Å². The number of rotatable bonds is 1. The summed E-state index contributed by atoms with van der Waals surface area (Å²) in [5, 5.41) is 19.4. The van der Waals surface area contributed by atoms with E-state index in [4.69, 9.17) is 4.74 Å². The molecule has 1 heterocycles. The number of carboxylic acid groups (broad SMARTS) is 1. The molecule has 3 aliphatic carbocycles. The van der Waals surface area contributed by atoms with Crippen molar-refractivity contribution < 1.29 is 19.7 Å². The Morgan fingerprint density at radius 3 is 2.83 bits per heavy atom. The fourth-order valence-corrected chi connectivity index (χ4v) is 5.10. The summed E-state index contributed by atoms with van der Waals surface area (Å²) >= 11 is 0. The second-order valence-electron chi connectivity index (χ2n) is 6.89. The van der Waals surface area contributed by atoms with Gasteiger partial charge in [0.05, 0.1) is 5.41 Å². The highest BCUT2D eigenvalue weighted by Crippen LogP contribution is 2.71. The highest BCUT2D eigenvalue weighted by molar-refractivity contribution is 5.74. The van der Waals surface area contributed by atoms with E-state index in [0.29, 0.717) is 18.3 Å². The molecule has 0 aromatic heterocycles. The zero-order valence-corrected chi connectivity index (χ0v) is 10.4. The van der Waals surface area contributed by atoms with Gasteiger partial charge >= 0.3 is 5.97 Å². The number of hydrogen-bond donors (Lipinski definition) is 2. The summed E-state index contributed by atoms with van der Waals surface area (Å²) < 4.78 is 5.75. The van der Waals surface area contributed by atoms with Gasteiger partial charge in [0.25, 0.3) is 0 Å². The summed E-state index contributed by atoms with van der Waals surface area (Å²) in [6, 6.07) is 0. The van der Waals surface area contributed by atoms with E-state index in [9.17, 15) is 15.0 Å². The average molecular weight is 250 g/mol. The monoisotopic (exact) mass is 250 g/mol. The maximum absolute atomic E-state index is 11.4. The van der Waals surface area contributed by atoms with Crippen LogP contribution in [-0.4, -0.2) is 34.0 Å². The van der Waals surface area contributed by atoms with Gasteiger partial charge in [-0.05, 0) is 43.6 Å². The molecule has 7 atom stereocenters. The maximum Gasteiger partial charge on any atom is 0.309 e. The van der Waals surface area contributed by atoms with E-state index in [1.165, 1.54) is 0 Å². The first kappa shape index (κ1) is 11.0. The molecule has 4 aliphatic rings. The Labute approximate surface area is 106 Å². The Morgan fingerprint density at radius 2 is 2.17 bits per heavy atom. The predicted octanol–water partition coefficient (Wildman–Crippen LogP) is 1.19. The third-order valence-corrected chi connectivity index (χ3v) is 5.89. The lowest BCUT2D eigenvalue weighted by atomic mass is 9.80. The van der Waals surface area contributed by atoms with Crippen LogP contribution in [0.15, 0.2) is 12.2 Å². The molecule has 18 heavy (non-hydrogen) atoms. The molecule has 3 saturated carbocycles. The van der Waals surface area contributed by atoms with Crippen molar-refractivity contribution >= 4 is 5.97 Å².